The Morgan fingerprint density at radius 1 is 1.05 bits per heavy atom. The van der Waals surface area contributed by atoms with E-state index in [0.29, 0.717) is 6.07 Å². The Bertz CT molecular complexity index is 804. The molecule has 1 unspecified atom stereocenters. The fourth-order valence-electron chi connectivity index (χ4n) is 2.28. The van der Waals surface area contributed by atoms with Gasteiger partial charge in [-0.15, -0.1) is 0 Å². The number of hydrogen-bond donors (Lipinski definition) is 1. The maximum atomic E-state index is 13.7. The van der Waals surface area contributed by atoms with Crippen LogP contribution in [0.1, 0.15) is 29.7 Å². The first-order chi connectivity index (χ1) is 10.2. The van der Waals surface area contributed by atoms with Gasteiger partial charge in [0.25, 0.3) is 0 Å². The Morgan fingerprint density at radius 3 is 2.36 bits per heavy atom. The summed E-state index contributed by atoms with van der Waals surface area (Å²) < 4.78 is 53.6. The highest BCUT2D eigenvalue weighted by Crippen LogP contribution is 2.22. The van der Waals surface area contributed by atoms with E-state index in [1.807, 2.05) is 32.0 Å². The van der Waals surface area contributed by atoms with Crippen LogP contribution in [0.2, 0.25) is 0 Å². The van der Waals surface area contributed by atoms with E-state index in [0.717, 1.165) is 28.8 Å². The molecule has 1 N–H and O–H groups in total. The smallest absolute Gasteiger partial charge is 0.207 e. The van der Waals surface area contributed by atoms with Crippen molar-refractivity contribution in [1.82, 2.24) is 4.72 Å². The van der Waals surface area contributed by atoms with Gasteiger partial charge < -0.3 is 0 Å². The van der Waals surface area contributed by atoms with Crippen molar-refractivity contribution < 1.29 is 17.2 Å². The predicted molar refractivity (Wildman–Crippen MR) is 81.0 cm³/mol. The predicted octanol–water partition coefficient (Wildman–Crippen LogP) is 3.62. The van der Waals surface area contributed by atoms with Gasteiger partial charge in [0.05, 0.1) is 0 Å². The molecule has 0 fully saturated rings. The quantitative estimate of drug-likeness (QED) is 0.933. The fraction of sp³-hybridized carbons (Fsp3) is 0.250. The van der Waals surface area contributed by atoms with Crippen LogP contribution in [0, 0.1) is 25.5 Å². The lowest BCUT2D eigenvalue weighted by atomic mass is 10.0. The van der Waals surface area contributed by atoms with E-state index in [2.05, 4.69) is 4.72 Å². The van der Waals surface area contributed by atoms with Gasteiger partial charge in [0.2, 0.25) is 10.0 Å². The molecule has 2 aromatic rings. The van der Waals surface area contributed by atoms with E-state index in [4.69, 9.17) is 0 Å². The third-order valence-electron chi connectivity index (χ3n) is 3.42. The summed E-state index contributed by atoms with van der Waals surface area (Å²) in [6, 6.07) is 7.56. The van der Waals surface area contributed by atoms with Crippen LogP contribution >= 0.6 is 0 Å². The Morgan fingerprint density at radius 2 is 1.73 bits per heavy atom. The third-order valence-corrected chi connectivity index (χ3v) is 4.99. The maximum absolute atomic E-state index is 13.7. The molecule has 0 heterocycles. The second kappa shape index (κ2) is 6.14. The monoisotopic (exact) mass is 325 g/mol. The number of halogens is 2. The van der Waals surface area contributed by atoms with Crippen molar-refractivity contribution in [3.05, 3.63) is 64.7 Å². The van der Waals surface area contributed by atoms with E-state index in [1.54, 1.807) is 6.92 Å². The summed E-state index contributed by atoms with van der Waals surface area (Å²) in [4.78, 5) is -0.564. The molecule has 0 bridgehead atoms. The molecular formula is C16H17F2NO2S. The Kier molecular flexibility index (Phi) is 4.63. The van der Waals surface area contributed by atoms with Gasteiger partial charge in [-0.3, -0.25) is 0 Å². The first-order valence-electron chi connectivity index (χ1n) is 6.75. The molecule has 1 atom stereocenters. The van der Waals surface area contributed by atoms with Crippen molar-refractivity contribution in [1.29, 1.82) is 0 Å². The fourth-order valence-corrected chi connectivity index (χ4v) is 3.56. The summed E-state index contributed by atoms with van der Waals surface area (Å²) in [5.74, 6) is -1.93. The average Bonchev–Trinajstić information content (AvgIpc) is 2.40. The van der Waals surface area contributed by atoms with E-state index >= 15 is 0 Å². The van der Waals surface area contributed by atoms with Crippen LogP contribution in [-0.4, -0.2) is 8.42 Å². The van der Waals surface area contributed by atoms with E-state index in [9.17, 15) is 17.2 Å². The van der Waals surface area contributed by atoms with Crippen molar-refractivity contribution in [3.63, 3.8) is 0 Å². The molecule has 118 valence electrons. The van der Waals surface area contributed by atoms with Crippen molar-refractivity contribution >= 4 is 10.0 Å². The molecule has 3 nitrogen and oxygen atoms in total. The van der Waals surface area contributed by atoms with E-state index in [1.165, 1.54) is 0 Å². The molecule has 0 aromatic heterocycles. The van der Waals surface area contributed by atoms with Gasteiger partial charge in [-0.05, 0) is 44.0 Å². The number of benzene rings is 2. The molecule has 2 rings (SSSR count). The van der Waals surface area contributed by atoms with Gasteiger partial charge in [-0.1, -0.05) is 23.8 Å². The lowest BCUT2D eigenvalue weighted by molar-refractivity contribution is 0.536. The van der Waals surface area contributed by atoms with Crippen molar-refractivity contribution in [2.45, 2.75) is 31.7 Å². The SMILES string of the molecule is Cc1ccc(C)c(C(C)NS(=O)(=O)c2ccc(F)cc2F)c1. The molecule has 0 aliphatic heterocycles. The van der Waals surface area contributed by atoms with Crippen LogP contribution in [0.4, 0.5) is 8.78 Å². The van der Waals surface area contributed by atoms with Crippen LogP contribution < -0.4 is 4.72 Å². The zero-order valence-corrected chi connectivity index (χ0v) is 13.3. The largest absolute Gasteiger partial charge is 0.244 e. The van der Waals surface area contributed by atoms with E-state index < -0.39 is 32.6 Å². The second-order valence-corrected chi connectivity index (χ2v) is 6.96. The highest BCUT2D eigenvalue weighted by Gasteiger charge is 2.23. The molecule has 0 amide bonds. The van der Waals surface area contributed by atoms with E-state index in [-0.39, 0.29) is 0 Å². The van der Waals surface area contributed by atoms with Crippen molar-refractivity contribution in [3.8, 4) is 0 Å². The Labute approximate surface area is 129 Å². The molecule has 0 aliphatic carbocycles. The van der Waals surface area contributed by atoms with Crippen molar-refractivity contribution in [2.75, 3.05) is 0 Å². The van der Waals surface area contributed by atoms with Gasteiger partial charge in [0.15, 0.2) is 0 Å². The number of aryl methyl sites for hydroxylation is 2. The summed E-state index contributed by atoms with van der Waals surface area (Å²) in [5, 5.41) is 0. The normalized spacial score (nSPS) is 13.1. The van der Waals surface area contributed by atoms with Gasteiger partial charge >= 0.3 is 0 Å². The zero-order valence-electron chi connectivity index (χ0n) is 12.5. The van der Waals surface area contributed by atoms with Crippen LogP contribution in [0.15, 0.2) is 41.3 Å². The summed E-state index contributed by atoms with van der Waals surface area (Å²) in [7, 11) is -4.08. The molecule has 0 radical (unpaired) electrons. The molecule has 22 heavy (non-hydrogen) atoms. The standard InChI is InChI=1S/C16H17F2NO2S/c1-10-4-5-11(2)14(8-10)12(3)19-22(20,21)16-7-6-13(17)9-15(16)18/h4-9,12,19H,1-3H3. The summed E-state index contributed by atoms with van der Waals surface area (Å²) in [6.45, 7) is 5.46. The summed E-state index contributed by atoms with van der Waals surface area (Å²) >= 11 is 0. The van der Waals surface area contributed by atoms with Gasteiger partial charge in [-0.25, -0.2) is 21.9 Å². The number of hydrogen-bond acceptors (Lipinski definition) is 2. The average molecular weight is 325 g/mol. The molecule has 0 spiro atoms. The molecule has 2 aromatic carbocycles. The second-order valence-electron chi connectivity index (χ2n) is 5.28. The number of sulfonamides is 1. The highest BCUT2D eigenvalue weighted by molar-refractivity contribution is 7.89. The minimum absolute atomic E-state index is 0.533. The van der Waals surface area contributed by atoms with Crippen LogP contribution in [0.25, 0.3) is 0 Å². The first kappa shape index (κ1) is 16.6. The van der Waals surface area contributed by atoms with Crippen LogP contribution in [0.3, 0.4) is 0 Å². The molecular weight excluding hydrogens is 308 g/mol. The van der Waals surface area contributed by atoms with Crippen molar-refractivity contribution in [2.24, 2.45) is 0 Å². The zero-order chi connectivity index (χ0) is 16.5. The topological polar surface area (TPSA) is 46.2 Å². The minimum Gasteiger partial charge on any atom is -0.207 e. The van der Waals surface area contributed by atoms with Gasteiger partial charge in [0.1, 0.15) is 16.5 Å². The Hall–Kier alpha value is -1.79. The number of rotatable bonds is 4. The first-order valence-corrected chi connectivity index (χ1v) is 8.23. The lowest BCUT2D eigenvalue weighted by Gasteiger charge is -2.17. The maximum Gasteiger partial charge on any atom is 0.244 e. The molecule has 6 heteroatoms. The lowest BCUT2D eigenvalue weighted by Crippen LogP contribution is -2.28. The molecule has 0 saturated heterocycles. The molecule has 0 aliphatic rings. The van der Waals surface area contributed by atoms with Crippen LogP contribution in [-0.2, 0) is 10.0 Å². The Balaban J connectivity index is 2.34. The third kappa shape index (κ3) is 3.51. The summed E-state index contributed by atoms with van der Waals surface area (Å²) in [5.41, 5.74) is 2.74. The van der Waals surface area contributed by atoms with Crippen LogP contribution in [0.5, 0.6) is 0 Å². The van der Waals surface area contributed by atoms with Gasteiger partial charge in [0, 0.05) is 12.1 Å². The summed E-state index contributed by atoms with van der Waals surface area (Å²) in [6.07, 6.45) is 0. The number of nitrogens with one attached hydrogen (secondary N) is 1. The minimum atomic E-state index is -4.08. The highest BCUT2D eigenvalue weighted by atomic mass is 32.2. The molecule has 0 saturated carbocycles. The van der Waals surface area contributed by atoms with Gasteiger partial charge in [-0.2, -0.15) is 0 Å².